The molecule has 0 fully saturated rings. The minimum Gasteiger partial charge on any atom is -0.351 e. The summed E-state index contributed by atoms with van der Waals surface area (Å²) >= 11 is 5.88. The van der Waals surface area contributed by atoms with E-state index < -0.39 is 0 Å². The van der Waals surface area contributed by atoms with Gasteiger partial charge in [-0.25, -0.2) is 0 Å². The molecule has 0 aliphatic carbocycles. The summed E-state index contributed by atoms with van der Waals surface area (Å²) in [5.41, 5.74) is 1.89. The molecule has 10 heteroatoms. The fourth-order valence-electron chi connectivity index (χ4n) is 2.17. The highest BCUT2D eigenvalue weighted by molar-refractivity contribution is 14.0. The fourth-order valence-corrected chi connectivity index (χ4v) is 2.30. The van der Waals surface area contributed by atoms with Crippen molar-refractivity contribution in [1.29, 1.82) is 0 Å². The van der Waals surface area contributed by atoms with Crippen LogP contribution >= 0.6 is 35.6 Å². The second-order valence-corrected chi connectivity index (χ2v) is 5.68. The van der Waals surface area contributed by atoms with Crippen molar-refractivity contribution in [3.05, 3.63) is 53.1 Å². The largest absolute Gasteiger partial charge is 0.351 e. The van der Waals surface area contributed by atoms with E-state index in [1.807, 2.05) is 25.2 Å². The molecule has 2 heterocycles. The predicted molar refractivity (Wildman–Crippen MR) is 110 cm³/mol. The fraction of sp³-hybridized carbons (Fsp3) is 0.250. The lowest BCUT2D eigenvalue weighted by molar-refractivity contribution is 0.375. The van der Waals surface area contributed by atoms with Crippen LogP contribution in [-0.2, 0) is 20.1 Å². The lowest BCUT2D eigenvalue weighted by Gasteiger charge is -2.10. The molecule has 0 amide bonds. The maximum Gasteiger partial charge on any atom is 0.246 e. The van der Waals surface area contributed by atoms with Crippen molar-refractivity contribution in [2.24, 2.45) is 12.0 Å². The molecule has 138 valence electrons. The number of nitrogens with one attached hydrogen (secondary N) is 2. The van der Waals surface area contributed by atoms with Crippen LogP contribution in [0.2, 0.25) is 5.02 Å². The van der Waals surface area contributed by atoms with Crippen LogP contribution in [-0.4, -0.2) is 32.9 Å². The smallest absolute Gasteiger partial charge is 0.246 e. The number of benzene rings is 1. The molecule has 0 saturated heterocycles. The average Bonchev–Trinajstić information content (AvgIpc) is 3.25. The molecule has 26 heavy (non-hydrogen) atoms. The van der Waals surface area contributed by atoms with Gasteiger partial charge in [-0.3, -0.25) is 9.67 Å². The number of aromatic nitrogens is 4. The van der Waals surface area contributed by atoms with E-state index in [-0.39, 0.29) is 24.0 Å². The number of hydrogen-bond donors (Lipinski definition) is 2. The standard InChI is InChI=1S/C16H18ClN7O.HI/c1-18-16(19-9-13-7-8-21-24(13)2)20-10-14-22-15(23-25-14)11-3-5-12(17)6-4-11;/h3-8H,9-10H2,1-2H3,(H2,18,19,20);1H. The molecule has 0 aliphatic heterocycles. The second kappa shape index (κ2) is 9.53. The van der Waals surface area contributed by atoms with E-state index in [2.05, 4.69) is 30.9 Å². The predicted octanol–water partition coefficient (Wildman–Crippen LogP) is 2.61. The van der Waals surface area contributed by atoms with Gasteiger partial charge in [-0.2, -0.15) is 10.1 Å². The van der Waals surface area contributed by atoms with E-state index in [1.165, 1.54) is 0 Å². The topological polar surface area (TPSA) is 93.2 Å². The summed E-state index contributed by atoms with van der Waals surface area (Å²) < 4.78 is 7.06. The third-order valence-electron chi connectivity index (χ3n) is 3.56. The lowest BCUT2D eigenvalue weighted by Crippen LogP contribution is -2.36. The van der Waals surface area contributed by atoms with Crippen LogP contribution in [0.15, 0.2) is 46.0 Å². The summed E-state index contributed by atoms with van der Waals surface area (Å²) in [6.07, 6.45) is 1.75. The first-order valence-electron chi connectivity index (χ1n) is 7.65. The Bertz CT molecular complexity index is 860. The minimum absolute atomic E-state index is 0. The Labute approximate surface area is 173 Å². The van der Waals surface area contributed by atoms with Gasteiger partial charge in [0, 0.05) is 30.9 Å². The summed E-state index contributed by atoms with van der Waals surface area (Å²) in [6.45, 7) is 0.974. The van der Waals surface area contributed by atoms with Gasteiger partial charge in [0.05, 0.1) is 18.8 Å². The van der Waals surface area contributed by atoms with Crippen molar-refractivity contribution in [1.82, 2.24) is 30.6 Å². The number of hydrogen-bond acceptors (Lipinski definition) is 5. The molecule has 8 nitrogen and oxygen atoms in total. The third-order valence-corrected chi connectivity index (χ3v) is 3.81. The average molecular weight is 488 g/mol. The van der Waals surface area contributed by atoms with E-state index in [1.54, 1.807) is 30.1 Å². The van der Waals surface area contributed by atoms with Crippen LogP contribution in [0.1, 0.15) is 11.6 Å². The number of halogens is 2. The molecule has 0 spiro atoms. The van der Waals surface area contributed by atoms with E-state index in [9.17, 15) is 0 Å². The summed E-state index contributed by atoms with van der Waals surface area (Å²) in [4.78, 5) is 8.53. The zero-order valence-corrected chi connectivity index (χ0v) is 17.4. The van der Waals surface area contributed by atoms with Crippen molar-refractivity contribution in [2.45, 2.75) is 13.1 Å². The van der Waals surface area contributed by atoms with Crippen LogP contribution in [0.5, 0.6) is 0 Å². The summed E-state index contributed by atoms with van der Waals surface area (Å²) in [6, 6.07) is 9.21. The van der Waals surface area contributed by atoms with E-state index >= 15 is 0 Å². The third kappa shape index (κ3) is 5.18. The Kier molecular flexibility index (Phi) is 7.39. The van der Waals surface area contributed by atoms with Crippen molar-refractivity contribution in [2.75, 3.05) is 7.05 Å². The van der Waals surface area contributed by atoms with E-state index in [4.69, 9.17) is 16.1 Å². The zero-order chi connectivity index (χ0) is 17.6. The van der Waals surface area contributed by atoms with Gasteiger partial charge in [0.2, 0.25) is 11.7 Å². The SMILES string of the molecule is CN=C(NCc1nc(-c2ccc(Cl)cc2)no1)NCc1ccnn1C.I. The maximum absolute atomic E-state index is 5.88. The number of aliphatic imine (C=N–C) groups is 1. The molecule has 0 radical (unpaired) electrons. The highest BCUT2D eigenvalue weighted by Crippen LogP contribution is 2.18. The van der Waals surface area contributed by atoms with Crippen LogP contribution < -0.4 is 10.6 Å². The van der Waals surface area contributed by atoms with Gasteiger partial charge < -0.3 is 15.2 Å². The zero-order valence-electron chi connectivity index (χ0n) is 14.3. The molecule has 1 aromatic carbocycles. The maximum atomic E-state index is 5.88. The van der Waals surface area contributed by atoms with Crippen LogP contribution in [0.25, 0.3) is 11.4 Å². The Hall–Kier alpha value is -2.14. The molecule has 3 rings (SSSR count). The monoisotopic (exact) mass is 487 g/mol. The van der Waals surface area contributed by atoms with E-state index in [0.717, 1.165) is 11.3 Å². The van der Waals surface area contributed by atoms with Gasteiger partial charge >= 0.3 is 0 Å². The summed E-state index contributed by atoms with van der Waals surface area (Å²) in [7, 11) is 3.59. The van der Waals surface area contributed by atoms with Crippen molar-refractivity contribution in [3.8, 4) is 11.4 Å². The van der Waals surface area contributed by atoms with Crippen LogP contribution in [0.3, 0.4) is 0 Å². The molecular weight excluding hydrogens is 469 g/mol. The number of nitrogens with zero attached hydrogens (tertiary/aromatic N) is 5. The van der Waals surface area contributed by atoms with Crippen molar-refractivity contribution >= 4 is 41.5 Å². The highest BCUT2D eigenvalue weighted by Gasteiger charge is 2.09. The number of guanidine groups is 1. The molecule has 0 bridgehead atoms. The van der Waals surface area contributed by atoms with Crippen molar-refractivity contribution < 1.29 is 4.52 Å². The molecule has 0 saturated carbocycles. The first kappa shape index (κ1) is 20.2. The van der Waals surface area contributed by atoms with Crippen LogP contribution in [0, 0.1) is 0 Å². The van der Waals surface area contributed by atoms with Gasteiger partial charge in [-0.15, -0.1) is 24.0 Å². The first-order valence-corrected chi connectivity index (χ1v) is 8.03. The van der Waals surface area contributed by atoms with Gasteiger partial charge in [-0.05, 0) is 30.3 Å². The Morgan fingerprint density at radius 3 is 2.58 bits per heavy atom. The summed E-state index contributed by atoms with van der Waals surface area (Å²) in [5, 5.41) is 15.1. The van der Waals surface area contributed by atoms with E-state index in [0.29, 0.717) is 35.8 Å². The minimum atomic E-state index is 0. The molecule has 0 unspecified atom stereocenters. The van der Waals surface area contributed by atoms with Crippen molar-refractivity contribution in [3.63, 3.8) is 0 Å². The number of aryl methyl sites for hydroxylation is 1. The Morgan fingerprint density at radius 1 is 1.19 bits per heavy atom. The normalized spacial score (nSPS) is 11.1. The highest BCUT2D eigenvalue weighted by atomic mass is 127. The molecular formula is C16H19ClIN7O. The lowest BCUT2D eigenvalue weighted by atomic mass is 10.2. The first-order chi connectivity index (χ1) is 12.2. The Morgan fingerprint density at radius 2 is 1.92 bits per heavy atom. The molecule has 2 N–H and O–H groups in total. The summed E-state index contributed by atoms with van der Waals surface area (Å²) in [5.74, 6) is 1.62. The van der Waals surface area contributed by atoms with Crippen LogP contribution in [0.4, 0.5) is 0 Å². The number of rotatable bonds is 5. The Balaban J connectivity index is 0.00000243. The van der Waals surface area contributed by atoms with Gasteiger partial charge in [-0.1, -0.05) is 16.8 Å². The molecule has 0 atom stereocenters. The van der Waals surface area contributed by atoms with Gasteiger partial charge in [0.25, 0.3) is 0 Å². The van der Waals surface area contributed by atoms with Gasteiger partial charge in [0.1, 0.15) is 0 Å². The van der Waals surface area contributed by atoms with Gasteiger partial charge in [0.15, 0.2) is 5.96 Å². The molecule has 0 aliphatic rings. The molecule has 2 aromatic heterocycles. The molecule has 3 aromatic rings. The quantitative estimate of drug-likeness (QED) is 0.326. The second-order valence-electron chi connectivity index (χ2n) is 5.24.